The molecule has 1 aliphatic carbocycles. The molecule has 4 aliphatic rings. The predicted octanol–water partition coefficient (Wildman–Crippen LogP) is 3.61. The highest BCUT2D eigenvalue weighted by Gasteiger charge is 2.34. The zero-order valence-electron chi connectivity index (χ0n) is 19.9. The molecule has 0 bridgehead atoms. The summed E-state index contributed by atoms with van der Waals surface area (Å²) in [6, 6.07) is 7.68. The molecule has 0 spiro atoms. The molecule has 1 N–H and O–H groups in total. The quantitative estimate of drug-likeness (QED) is 0.462. The third-order valence-corrected chi connectivity index (χ3v) is 8.90. The topological polar surface area (TPSA) is 79.3 Å². The standard InChI is InChI=1S/C27H30N2O5S/c1-16-18(4-5-19-21(16)13-33-26(19)31)23(30)12-28-8-10-29(11-9-28)15-35-24-7-6-20-22(14-34-27(20)32)25(24)17-2-3-17/h4-7,17,23,30H,2-3,8-15H2,1H3/t23-/m0/s1. The summed E-state index contributed by atoms with van der Waals surface area (Å²) >= 11 is 1.87. The second kappa shape index (κ2) is 9.24. The van der Waals surface area contributed by atoms with E-state index in [9.17, 15) is 14.7 Å². The zero-order valence-corrected chi connectivity index (χ0v) is 20.7. The van der Waals surface area contributed by atoms with E-state index in [1.807, 2.05) is 30.8 Å². The lowest BCUT2D eigenvalue weighted by molar-refractivity contribution is 0.0525. The van der Waals surface area contributed by atoms with E-state index in [-0.39, 0.29) is 11.9 Å². The van der Waals surface area contributed by atoms with Gasteiger partial charge in [0.25, 0.3) is 0 Å². The van der Waals surface area contributed by atoms with Gasteiger partial charge in [0.2, 0.25) is 0 Å². The van der Waals surface area contributed by atoms with Crippen LogP contribution in [0.5, 0.6) is 0 Å². The van der Waals surface area contributed by atoms with Crippen molar-refractivity contribution in [1.82, 2.24) is 9.80 Å². The number of ether oxygens (including phenoxy) is 2. The molecule has 0 amide bonds. The summed E-state index contributed by atoms with van der Waals surface area (Å²) in [5.41, 5.74) is 6.58. The lowest BCUT2D eigenvalue weighted by Crippen LogP contribution is -2.47. The highest BCUT2D eigenvalue weighted by atomic mass is 32.2. The van der Waals surface area contributed by atoms with Crippen molar-refractivity contribution in [1.29, 1.82) is 0 Å². The van der Waals surface area contributed by atoms with Crippen LogP contribution in [0.1, 0.15) is 73.4 Å². The molecule has 3 aliphatic heterocycles. The van der Waals surface area contributed by atoms with Crippen LogP contribution in [-0.4, -0.2) is 65.4 Å². The molecule has 3 heterocycles. The Morgan fingerprint density at radius 2 is 1.57 bits per heavy atom. The number of hydrogen-bond acceptors (Lipinski definition) is 8. The molecule has 0 aromatic heterocycles. The first-order chi connectivity index (χ1) is 17.0. The normalized spacial score (nSPS) is 21.0. The van der Waals surface area contributed by atoms with Gasteiger partial charge in [0.15, 0.2) is 0 Å². The fourth-order valence-electron chi connectivity index (χ4n) is 5.48. The van der Waals surface area contributed by atoms with Crippen molar-refractivity contribution < 1.29 is 24.2 Å². The second-order valence-electron chi connectivity index (χ2n) is 9.94. The van der Waals surface area contributed by atoms with Gasteiger partial charge in [0.1, 0.15) is 13.2 Å². The Morgan fingerprint density at radius 3 is 2.29 bits per heavy atom. The number of aliphatic hydroxyl groups excluding tert-OH is 1. The van der Waals surface area contributed by atoms with Crippen LogP contribution >= 0.6 is 11.8 Å². The lowest BCUT2D eigenvalue weighted by Gasteiger charge is -2.35. The Balaban J connectivity index is 1.04. The first kappa shape index (κ1) is 23.0. The van der Waals surface area contributed by atoms with Gasteiger partial charge in [-0.05, 0) is 60.6 Å². The number of hydrogen-bond donors (Lipinski definition) is 1. The molecule has 1 saturated heterocycles. The molecule has 184 valence electrons. The average molecular weight is 495 g/mol. The summed E-state index contributed by atoms with van der Waals surface area (Å²) in [6.45, 7) is 6.99. The van der Waals surface area contributed by atoms with Crippen LogP contribution in [0.15, 0.2) is 29.2 Å². The van der Waals surface area contributed by atoms with E-state index in [0.717, 1.165) is 59.9 Å². The van der Waals surface area contributed by atoms with Crippen molar-refractivity contribution in [2.45, 2.75) is 49.9 Å². The van der Waals surface area contributed by atoms with Gasteiger partial charge in [-0.25, -0.2) is 9.59 Å². The van der Waals surface area contributed by atoms with Crippen LogP contribution in [-0.2, 0) is 22.7 Å². The van der Waals surface area contributed by atoms with Gasteiger partial charge >= 0.3 is 11.9 Å². The molecule has 2 fully saturated rings. The number of piperazine rings is 1. The molecule has 6 rings (SSSR count). The number of β-amino-alcohol motifs (C(OH)–C–C–N with tert-alkyl or cyclic N) is 1. The Hall–Kier alpha value is -2.39. The number of cyclic esters (lactones) is 2. The zero-order chi connectivity index (χ0) is 24.1. The first-order valence-corrected chi connectivity index (χ1v) is 13.4. The molecule has 8 heteroatoms. The molecule has 7 nitrogen and oxygen atoms in total. The number of rotatable bonds is 7. The summed E-state index contributed by atoms with van der Waals surface area (Å²) in [5, 5.41) is 10.9. The summed E-state index contributed by atoms with van der Waals surface area (Å²) in [4.78, 5) is 29.8. The molecule has 0 radical (unpaired) electrons. The number of benzene rings is 2. The predicted molar refractivity (Wildman–Crippen MR) is 132 cm³/mol. The number of thioether (sulfide) groups is 1. The minimum atomic E-state index is -0.589. The highest BCUT2D eigenvalue weighted by molar-refractivity contribution is 7.99. The Kier molecular flexibility index (Phi) is 6.08. The Labute approximate surface area is 209 Å². The number of carbonyl (C=O) groups is 2. The van der Waals surface area contributed by atoms with Crippen molar-refractivity contribution >= 4 is 23.7 Å². The fraction of sp³-hybridized carbons (Fsp3) is 0.481. The molecule has 0 unspecified atom stereocenters. The van der Waals surface area contributed by atoms with Gasteiger partial charge < -0.3 is 14.6 Å². The van der Waals surface area contributed by atoms with Crippen LogP contribution in [0.3, 0.4) is 0 Å². The largest absolute Gasteiger partial charge is 0.457 e. The Morgan fingerprint density at radius 1 is 0.943 bits per heavy atom. The third kappa shape index (κ3) is 4.37. The lowest BCUT2D eigenvalue weighted by atomic mass is 9.95. The summed E-state index contributed by atoms with van der Waals surface area (Å²) in [5.74, 6) is 1.03. The van der Waals surface area contributed by atoms with E-state index in [2.05, 4.69) is 15.9 Å². The van der Waals surface area contributed by atoms with Gasteiger partial charge in [-0.1, -0.05) is 6.07 Å². The molecule has 1 saturated carbocycles. The van der Waals surface area contributed by atoms with E-state index >= 15 is 0 Å². The highest BCUT2D eigenvalue weighted by Crippen LogP contribution is 2.48. The number of fused-ring (bicyclic) bond motifs is 2. The van der Waals surface area contributed by atoms with Crippen LogP contribution in [0, 0.1) is 6.92 Å². The van der Waals surface area contributed by atoms with E-state index in [1.165, 1.54) is 23.3 Å². The van der Waals surface area contributed by atoms with E-state index in [1.54, 1.807) is 6.07 Å². The number of nitrogens with zero attached hydrogens (tertiary/aromatic N) is 2. The van der Waals surface area contributed by atoms with Crippen molar-refractivity contribution in [2.24, 2.45) is 0 Å². The minimum Gasteiger partial charge on any atom is -0.457 e. The maximum absolute atomic E-state index is 12.0. The van der Waals surface area contributed by atoms with Gasteiger partial charge in [-0.3, -0.25) is 9.80 Å². The van der Waals surface area contributed by atoms with E-state index < -0.39 is 6.10 Å². The summed E-state index contributed by atoms with van der Waals surface area (Å²) in [6.07, 6.45) is 1.81. The van der Waals surface area contributed by atoms with E-state index in [0.29, 0.717) is 31.2 Å². The van der Waals surface area contributed by atoms with Crippen LogP contribution in [0.2, 0.25) is 0 Å². The molecule has 2 aromatic rings. The SMILES string of the molecule is Cc1c([C@@H](O)CN2CCN(CSc3ccc4c(c3C3CC3)COC4=O)CC2)ccc2c1COC2=O. The first-order valence-electron chi connectivity index (χ1n) is 12.4. The van der Waals surface area contributed by atoms with Crippen molar-refractivity contribution in [3.8, 4) is 0 Å². The van der Waals surface area contributed by atoms with E-state index in [4.69, 9.17) is 9.47 Å². The molecule has 35 heavy (non-hydrogen) atoms. The molecular formula is C27H30N2O5S. The van der Waals surface area contributed by atoms with Crippen LogP contribution in [0.25, 0.3) is 0 Å². The summed E-state index contributed by atoms with van der Waals surface area (Å²) in [7, 11) is 0. The maximum Gasteiger partial charge on any atom is 0.338 e. The number of aliphatic hydroxyl groups is 1. The van der Waals surface area contributed by atoms with Gasteiger partial charge in [-0.15, -0.1) is 11.8 Å². The van der Waals surface area contributed by atoms with Crippen molar-refractivity contribution in [3.63, 3.8) is 0 Å². The second-order valence-corrected chi connectivity index (χ2v) is 10.9. The van der Waals surface area contributed by atoms with Crippen molar-refractivity contribution in [3.05, 3.63) is 63.2 Å². The molecule has 1 atom stereocenters. The smallest absolute Gasteiger partial charge is 0.338 e. The maximum atomic E-state index is 12.0. The van der Waals surface area contributed by atoms with Gasteiger partial charge in [0, 0.05) is 54.6 Å². The van der Waals surface area contributed by atoms with Crippen LogP contribution < -0.4 is 0 Å². The third-order valence-electron chi connectivity index (χ3n) is 7.74. The van der Waals surface area contributed by atoms with Crippen LogP contribution in [0.4, 0.5) is 0 Å². The monoisotopic (exact) mass is 494 g/mol. The molecule has 2 aromatic carbocycles. The average Bonchev–Trinajstić information content (AvgIpc) is 3.53. The minimum absolute atomic E-state index is 0.186. The van der Waals surface area contributed by atoms with Gasteiger partial charge in [-0.2, -0.15) is 0 Å². The number of esters is 2. The fourth-order valence-corrected chi connectivity index (χ4v) is 6.67. The van der Waals surface area contributed by atoms with Crippen molar-refractivity contribution in [2.75, 3.05) is 38.6 Å². The number of carbonyl (C=O) groups excluding carboxylic acids is 2. The summed E-state index contributed by atoms with van der Waals surface area (Å²) < 4.78 is 10.4. The van der Waals surface area contributed by atoms with Gasteiger partial charge in [0.05, 0.1) is 17.2 Å². The molecular weight excluding hydrogens is 464 g/mol. The Bertz CT molecular complexity index is 1190.